The highest BCUT2D eigenvalue weighted by Gasteiger charge is 2.39. The average Bonchev–Trinajstić information content (AvgIpc) is 3.02. The molecule has 1 amide bonds. The standard InChI is InChI=1S/C19H29N3O4S/c1-20(2)27(25,26)14-16-12-22(13-18(16)23)17-8-10-21(11-9-17)19(24)15-6-4-3-5-7-15/h3-7,16-18,23H,8-14H2,1-2H3/t16-,18+/m0/s1. The minimum atomic E-state index is -3.33. The number of amides is 1. The van der Waals surface area contributed by atoms with Crippen LogP contribution in [0.2, 0.25) is 0 Å². The molecule has 3 rings (SSSR count). The van der Waals surface area contributed by atoms with Gasteiger partial charge in [0.15, 0.2) is 0 Å². The Labute approximate surface area is 161 Å². The van der Waals surface area contributed by atoms with Crippen molar-refractivity contribution in [1.29, 1.82) is 0 Å². The topological polar surface area (TPSA) is 81.2 Å². The number of carbonyl (C=O) groups is 1. The molecule has 0 saturated carbocycles. The lowest BCUT2D eigenvalue weighted by atomic mass is 10.0. The van der Waals surface area contributed by atoms with Gasteiger partial charge in [-0.1, -0.05) is 18.2 Å². The number of hydrogen-bond donors (Lipinski definition) is 1. The molecule has 27 heavy (non-hydrogen) atoms. The van der Waals surface area contributed by atoms with Crippen LogP contribution in [-0.4, -0.2) is 91.7 Å². The van der Waals surface area contributed by atoms with Crippen molar-refractivity contribution in [2.75, 3.05) is 46.0 Å². The lowest BCUT2D eigenvalue weighted by Gasteiger charge is -2.36. The molecule has 1 aromatic carbocycles. The van der Waals surface area contributed by atoms with Crippen LogP contribution >= 0.6 is 0 Å². The summed E-state index contributed by atoms with van der Waals surface area (Å²) in [5.41, 5.74) is 0.710. The predicted molar refractivity (Wildman–Crippen MR) is 104 cm³/mol. The predicted octanol–water partition coefficient (Wildman–Crippen LogP) is 0.475. The highest BCUT2D eigenvalue weighted by molar-refractivity contribution is 7.89. The third kappa shape index (κ3) is 4.68. The summed E-state index contributed by atoms with van der Waals surface area (Å²) in [6, 6.07) is 9.59. The number of carbonyl (C=O) groups excluding carboxylic acids is 1. The van der Waals surface area contributed by atoms with E-state index in [1.807, 2.05) is 35.2 Å². The van der Waals surface area contributed by atoms with E-state index in [1.54, 1.807) is 0 Å². The van der Waals surface area contributed by atoms with E-state index in [-0.39, 0.29) is 23.6 Å². The van der Waals surface area contributed by atoms with Gasteiger partial charge in [0.1, 0.15) is 0 Å². The van der Waals surface area contributed by atoms with Gasteiger partial charge < -0.3 is 10.0 Å². The largest absolute Gasteiger partial charge is 0.391 e. The molecule has 150 valence electrons. The van der Waals surface area contributed by atoms with Crippen LogP contribution in [0.25, 0.3) is 0 Å². The molecule has 2 fully saturated rings. The van der Waals surface area contributed by atoms with Crippen LogP contribution in [0.1, 0.15) is 23.2 Å². The fourth-order valence-electron chi connectivity index (χ4n) is 3.97. The van der Waals surface area contributed by atoms with Gasteiger partial charge in [-0.3, -0.25) is 9.69 Å². The molecule has 0 spiro atoms. The van der Waals surface area contributed by atoms with Crippen molar-refractivity contribution in [1.82, 2.24) is 14.1 Å². The molecule has 1 aromatic rings. The first-order chi connectivity index (χ1) is 12.8. The number of piperidine rings is 1. The van der Waals surface area contributed by atoms with Crippen LogP contribution in [0, 0.1) is 5.92 Å². The summed E-state index contributed by atoms with van der Waals surface area (Å²) in [6.45, 7) is 2.47. The molecule has 7 nitrogen and oxygen atoms in total. The Kier molecular flexibility index (Phi) is 6.20. The van der Waals surface area contributed by atoms with Gasteiger partial charge in [-0.25, -0.2) is 12.7 Å². The Morgan fingerprint density at radius 1 is 1.15 bits per heavy atom. The van der Waals surface area contributed by atoms with Crippen molar-refractivity contribution in [3.05, 3.63) is 35.9 Å². The maximum Gasteiger partial charge on any atom is 0.253 e. The van der Waals surface area contributed by atoms with Crippen molar-refractivity contribution >= 4 is 15.9 Å². The Bertz CT molecular complexity index is 745. The number of β-amino-alcohol motifs (C(OH)–C–C–N with tert-alkyl or cyclic N) is 1. The van der Waals surface area contributed by atoms with Gasteiger partial charge in [-0.05, 0) is 25.0 Å². The molecule has 2 saturated heterocycles. The number of aliphatic hydroxyl groups is 1. The second kappa shape index (κ2) is 8.26. The van der Waals surface area contributed by atoms with Crippen molar-refractivity contribution in [2.24, 2.45) is 5.92 Å². The van der Waals surface area contributed by atoms with Crippen molar-refractivity contribution in [3.8, 4) is 0 Å². The molecule has 8 heteroatoms. The number of sulfonamides is 1. The molecule has 1 N–H and O–H groups in total. The van der Waals surface area contributed by atoms with E-state index >= 15 is 0 Å². The number of hydrogen-bond acceptors (Lipinski definition) is 5. The van der Waals surface area contributed by atoms with Crippen molar-refractivity contribution in [2.45, 2.75) is 25.0 Å². The molecule has 2 atom stereocenters. The second-order valence-corrected chi connectivity index (χ2v) is 9.96. The fraction of sp³-hybridized carbons (Fsp3) is 0.632. The Balaban J connectivity index is 1.54. The average molecular weight is 396 g/mol. The van der Waals surface area contributed by atoms with Gasteiger partial charge in [0, 0.05) is 57.8 Å². The summed E-state index contributed by atoms with van der Waals surface area (Å²) in [5, 5.41) is 10.3. The lowest BCUT2D eigenvalue weighted by molar-refractivity contribution is 0.0627. The van der Waals surface area contributed by atoms with E-state index in [2.05, 4.69) is 4.90 Å². The highest BCUT2D eigenvalue weighted by Crippen LogP contribution is 2.26. The first-order valence-electron chi connectivity index (χ1n) is 9.44. The summed E-state index contributed by atoms with van der Waals surface area (Å²) in [7, 11) is -0.282. The number of benzene rings is 1. The molecule has 0 radical (unpaired) electrons. The quantitative estimate of drug-likeness (QED) is 0.784. The maximum atomic E-state index is 12.6. The highest BCUT2D eigenvalue weighted by atomic mass is 32.2. The second-order valence-electron chi connectivity index (χ2n) is 7.73. The summed E-state index contributed by atoms with van der Waals surface area (Å²) in [6.07, 6.45) is 1.07. The van der Waals surface area contributed by atoms with Gasteiger partial charge in [-0.2, -0.15) is 0 Å². The van der Waals surface area contributed by atoms with Crippen LogP contribution in [0.4, 0.5) is 0 Å². The zero-order chi connectivity index (χ0) is 19.6. The fourth-order valence-corrected chi connectivity index (χ4v) is 5.13. The smallest absolute Gasteiger partial charge is 0.253 e. The normalized spacial score (nSPS) is 25.3. The molecular weight excluding hydrogens is 366 g/mol. The Hall–Kier alpha value is -1.48. The first-order valence-corrected chi connectivity index (χ1v) is 11.1. The van der Waals surface area contributed by atoms with Crippen LogP contribution < -0.4 is 0 Å². The Morgan fingerprint density at radius 3 is 2.37 bits per heavy atom. The molecule has 0 aliphatic carbocycles. The first kappa shape index (κ1) is 20.3. The lowest BCUT2D eigenvalue weighted by Crippen LogP contribution is -2.46. The summed E-state index contributed by atoms with van der Waals surface area (Å²) in [4.78, 5) is 16.6. The third-order valence-corrected chi connectivity index (χ3v) is 7.67. The molecular formula is C19H29N3O4S. The molecule has 0 bridgehead atoms. The number of likely N-dealkylation sites (tertiary alicyclic amines) is 2. The molecule has 2 aliphatic heterocycles. The van der Waals surface area contributed by atoms with E-state index in [1.165, 1.54) is 18.4 Å². The van der Waals surface area contributed by atoms with E-state index in [0.717, 1.165) is 12.8 Å². The van der Waals surface area contributed by atoms with Crippen LogP contribution in [-0.2, 0) is 10.0 Å². The van der Waals surface area contributed by atoms with E-state index in [4.69, 9.17) is 0 Å². The van der Waals surface area contributed by atoms with Gasteiger partial charge in [0.2, 0.25) is 10.0 Å². The zero-order valence-corrected chi connectivity index (χ0v) is 16.8. The van der Waals surface area contributed by atoms with E-state index in [9.17, 15) is 18.3 Å². The number of aliphatic hydroxyl groups excluding tert-OH is 1. The van der Waals surface area contributed by atoms with Crippen LogP contribution in [0.15, 0.2) is 30.3 Å². The van der Waals surface area contributed by atoms with Crippen LogP contribution in [0.5, 0.6) is 0 Å². The summed E-state index contributed by atoms with van der Waals surface area (Å²) in [5.74, 6) is -0.227. The van der Waals surface area contributed by atoms with E-state index in [0.29, 0.717) is 31.7 Å². The maximum absolute atomic E-state index is 12.6. The number of rotatable bonds is 5. The summed E-state index contributed by atoms with van der Waals surface area (Å²) >= 11 is 0. The minimum absolute atomic E-state index is 0.0248. The van der Waals surface area contributed by atoms with Gasteiger partial charge in [0.05, 0.1) is 11.9 Å². The monoisotopic (exact) mass is 395 g/mol. The van der Waals surface area contributed by atoms with Gasteiger partial charge in [-0.15, -0.1) is 0 Å². The third-order valence-electron chi connectivity index (χ3n) is 5.70. The molecule has 0 aromatic heterocycles. The van der Waals surface area contributed by atoms with E-state index < -0.39 is 16.1 Å². The Morgan fingerprint density at radius 2 is 1.78 bits per heavy atom. The van der Waals surface area contributed by atoms with Gasteiger partial charge in [0.25, 0.3) is 5.91 Å². The van der Waals surface area contributed by atoms with Crippen LogP contribution in [0.3, 0.4) is 0 Å². The van der Waals surface area contributed by atoms with Crippen molar-refractivity contribution < 1.29 is 18.3 Å². The minimum Gasteiger partial charge on any atom is -0.391 e. The molecule has 2 heterocycles. The molecule has 0 unspecified atom stereocenters. The summed E-state index contributed by atoms with van der Waals surface area (Å²) < 4.78 is 25.5. The van der Waals surface area contributed by atoms with Crippen molar-refractivity contribution in [3.63, 3.8) is 0 Å². The molecule has 2 aliphatic rings. The number of nitrogens with zero attached hydrogens (tertiary/aromatic N) is 3. The SMILES string of the molecule is CN(C)S(=O)(=O)C[C@@H]1CN(C2CCN(C(=O)c3ccccc3)CC2)C[C@H]1O. The van der Waals surface area contributed by atoms with Gasteiger partial charge >= 0.3 is 0 Å². The zero-order valence-electron chi connectivity index (χ0n) is 16.0.